The second kappa shape index (κ2) is 4.48. The maximum absolute atomic E-state index is 13.2. The van der Waals surface area contributed by atoms with Gasteiger partial charge in [-0.3, -0.25) is 0 Å². The Balaban J connectivity index is 2.13. The van der Waals surface area contributed by atoms with Crippen molar-refractivity contribution in [3.8, 4) is 0 Å². The third-order valence-electron chi connectivity index (χ3n) is 3.53. The highest BCUT2D eigenvalue weighted by Crippen LogP contribution is 2.38. The molecule has 0 aromatic carbocycles. The van der Waals surface area contributed by atoms with Gasteiger partial charge in [0.15, 0.2) is 5.65 Å². The number of hydrogen-bond donors (Lipinski definition) is 1. The summed E-state index contributed by atoms with van der Waals surface area (Å²) in [5, 5.41) is 7.08. The van der Waals surface area contributed by atoms with Crippen molar-refractivity contribution in [1.29, 1.82) is 0 Å². The molecular weight excluding hydrogens is 257 g/mol. The maximum Gasteiger partial charge on any atom is 0.416 e. The molecule has 1 N–H and O–H groups in total. The zero-order valence-corrected chi connectivity index (χ0v) is 10.1. The second-order valence-corrected chi connectivity index (χ2v) is 4.73. The Kier molecular flexibility index (Phi) is 2.93. The summed E-state index contributed by atoms with van der Waals surface area (Å²) in [7, 11) is 0. The fourth-order valence-corrected chi connectivity index (χ4v) is 2.58. The van der Waals surface area contributed by atoms with Crippen molar-refractivity contribution in [3.63, 3.8) is 0 Å². The van der Waals surface area contributed by atoms with Crippen LogP contribution in [0.2, 0.25) is 0 Å². The number of pyridine rings is 1. The van der Waals surface area contributed by atoms with E-state index in [0.29, 0.717) is 18.4 Å². The van der Waals surface area contributed by atoms with Gasteiger partial charge < -0.3 is 5.32 Å². The van der Waals surface area contributed by atoms with Gasteiger partial charge in [-0.15, -0.1) is 0 Å². The van der Waals surface area contributed by atoms with Crippen LogP contribution >= 0.6 is 0 Å². The largest absolute Gasteiger partial charge is 0.416 e. The topological polar surface area (TPSA) is 42.2 Å². The first-order chi connectivity index (χ1) is 9.05. The fraction of sp³-hybridized carbons (Fsp3) is 0.500. The lowest BCUT2D eigenvalue weighted by molar-refractivity contribution is -0.138. The van der Waals surface area contributed by atoms with E-state index >= 15 is 0 Å². The van der Waals surface area contributed by atoms with E-state index in [9.17, 15) is 13.2 Å². The van der Waals surface area contributed by atoms with Crippen molar-refractivity contribution >= 4 is 5.65 Å². The molecule has 0 radical (unpaired) electrons. The molecule has 19 heavy (non-hydrogen) atoms. The minimum atomic E-state index is -4.35. The molecule has 0 unspecified atom stereocenters. The van der Waals surface area contributed by atoms with E-state index in [-0.39, 0.29) is 11.6 Å². The molecule has 3 rings (SSSR count). The lowest BCUT2D eigenvalue weighted by atomic mass is 9.88. The Labute approximate surface area is 107 Å². The van der Waals surface area contributed by atoms with Crippen molar-refractivity contribution in [2.75, 3.05) is 13.1 Å². The van der Waals surface area contributed by atoms with E-state index in [0.717, 1.165) is 19.2 Å². The van der Waals surface area contributed by atoms with Gasteiger partial charge in [0, 0.05) is 6.20 Å². The first-order valence-electron chi connectivity index (χ1n) is 6.17. The summed E-state index contributed by atoms with van der Waals surface area (Å²) in [5.41, 5.74) is -0.0306. The lowest BCUT2D eigenvalue weighted by Crippen LogP contribution is -2.28. The molecule has 2 aromatic rings. The molecule has 1 aliphatic heterocycles. The quantitative estimate of drug-likeness (QED) is 0.864. The Hall–Kier alpha value is -1.63. The van der Waals surface area contributed by atoms with E-state index < -0.39 is 11.7 Å². The third-order valence-corrected chi connectivity index (χ3v) is 3.53. The van der Waals surface area contributed by atoms with Crippen molar-refractivity contribution < 1.29 is 13.2 Å². The van der Waals surface area contributed by atoms with Crippen molar-refractivity contribution in [2.45, 2.75) is 24.9 Å². The number of piperidine rings is 1. The molecule has 102 valence electrons. The third kappa shape index (κ3) is 2.30. The number of fused-ring (bicyclic) bond motifs is 1. The van der Waals surface area contributed by atoms with Crippen LogP contribution in [-0.4, -0.2) is 27.7 Å². The van der Waals surface area contributed by atoms with Crippen LogP contribution in [0, 0.1) is 0 Å². The number of halogens is 3. The van der Waals surface area contributed by atoms with Gasteiger partial charge in [0.25, 0.3) is 0 Å². The van der Waals surface area contributed by atoms with E-state index in [1.54, 1.807) is 0 Å². The molecule has 1 aliphatic rings. The molecule has 0 aliphatic carbocycles. The Morgan fingerprint density at radius 1 is 1.26 bits per heavy atom. The molecule has 0 bridgehead atoms. The van der Waals surface area contributed by atoms with Crippen molar-refractivity contribution in [2.24, 2.45) is 0 Å². The summed E-state index contributed by atoms with van der Waals surface area (Å²) in [4.78, 5) is 3.82. The first-order valence-corrected chi connectivity index (χ1v) is 6.17. The minimum absolute atomic E-state index is 0.0773. The van der Waals surface area contributed by atoms with Crippen LogP contribution in [0.3, 0.4) is 0 Å². The average molecular weight is 270 g/mol. The van der Waals surface area contributed by atoms with E-state index in [2.05, 4.69) is 15.4 Å². The minimum Gasteiger partial charge on any atom is -0.317 e. The van der Waals surface area contributed by atoms with E-state index in [4.69, 9.17) is 0 Å². The number of rotatable bonds is 1. The summed E-state index contributed by atoms with van der Waals surface area (Å²) in [6, 6.07) is 1.09. The Bertz CT molecular complexity index is 584. The van der Waals surface area contributed by atoms with Crippen molar-refractivity contribution in [1.82, 2.24) is 19.9 Å². The molecule has 1 fully saturated rings. The van der Waals surface area contributed by atoms with E-state index in [1.165, 1.54) is 17.0 Å². The molecule has 0 amide bonds. The second-order valence-electron chi connectivity index (χ2n) is 4.73. The maximum atomic E-state index is 13.2. The van der Waals surface area contributed by atoms with Crippen LogP contribution in [-0.2, 0) is 6.18 Å². The number of hydrogen-bond acceptors (Lipinski definition) is 3. The molecule has 7 heteroatoms. The number of nitrogens with one attached hydrogen (secondary N) is 1. The number of alkyl halides is 3. The normalized spacial score (nSPS) is 18.1. The van der Waals surface area contributed by atoms with Gasteiger partial charge in [0.05, 0.1) is 5.56 Å². The lowest BCUT2D eigenvalue weighted by Gasteiger charge is -2.25. The molecule has 2 aromatic heterocycles. The van der Waals surface area contributed by atoms with Crippen molar-refractivity contribution in [3.05, 3.63) is 29.7 Å². The summed E-state index contributed by atoms with van der Waals surface area (Å²) in [6.45, 7) is 1.49. The highest BCUT2D eigenvalue weighted by molar-refractivity contribution is 5.45. The number of nitrogens with zero attached hydrogens (tertiary/aromatic N) is 3. The zero-order valence-electron chi connectivity index (χ0n) is 10.1. The molecule has 0 saturated carbocycles. The molecule has 0 atom stereocenters. The summed E-state index contributed by atoms with van der Waals surface area (Å²) >= 11 is 0. The molecule has 1 saturated heterocycles. The molecule has 4 nitrogen and oxygen atoms in total. The van der Waals surface area contributed by atoms with Gasteiger partial charge in [-0.25, -0.2) is 9.50 Å². The number of aromatic nitrogens is 3. The van der Waals surface area contributed by atoms with Crippen LogP contribution in [0.4, 0.5) is 13.2 Å². The van der Waals surface area contributed by atoms with E-state index in [1.807, 2.05) is 0 Å². The van der Waals surface area contributed by atoms with Crippen LogP contribution in [0.5, 0.6) is 0 Å². The van der Waals surface area contributed by atoms with Crippen LogP contribution < -0.4 is 5.32 Å². The van der Waals surface area contributed by atoms with Gasteiger partial charge in [-0.05, 0) is 43.5 Å². The summed E-state index contributed by atoms with van der Waals surface area (Å²) in [6.07, 6.45) is -0.191. The van der Waals surface area contributed by atoms with Gasteiger partial charge in [-0.2, -0.15) is 18.3 Å². The highest BCUT2D eigenvalue weighted by atomic mass is 19.4. The summed E-state index contributed by atoms with van der Waals surface area (Å²) in [5.74, 6) is -0.0773. The fourth-order valence-electron chi connectivity index (χ4n) is 2.58. The predicted molar refractivity (Wildman–Crippen MR) is 62.8 cm³/mol. The Morgan fingerprint density at radius 3 is 2.68 bits per heavy atom. The molecule has 0 spiro atoms. The van der Waals surface area contributed by atoms with Crippen LogP contribution in [0.25, 0.3) is 5.65 Å². The van der Waals surface area contributed by atoms with Gasteiger partial charge in [0.2, 0.25) is 0 Å². The SMILES string of the molecule is FC(F)(F)c1cc2ncnn2cc1C1CCNCC1. The predicted octanol–water partition coefficient (Wildman–Crippen LogP) is 2.22. The van der Waals surface area contributed by atoms with Gasteiger partial charge in [0.1, 0.15) is 6.33 Å². The highest BCUT2D eigenvalue weighted by Gasteiger charge is 2.36. The van der Waals surface area contributed by atoms with Gasteiger partial charge >= 0.3 is 6.18 Å². The standard InChI is InChI=1S/C12H13F3N4/c13-12(14,15)10-5-11-17-7-18-19(11)6-9(10)8-1-3-16-4-2-8/h5-8,16H,1-4H2. The molecular formula is C12H13F3N4. The van der Waals surface area contributed by atoms with Crippen LogP contribution in [0.15, 0.2) is 18.6 Å². The summed E-state index contributed by atoms with van der Waals surface area (Å²) < 4.78 is 40.9. The van der Waals surface area contributed by atoms with Crippen LogP contribution in [0.1, 0.15) is 29.9 Å². The van der Waals surface area contributed by atoms with Gasteiger partial charge in [-0.1, -0.05) is 0 Å². The zero-order chi connectivity index (χ0) is 13.5. The molecule has 3 heterocycles. The smallest absolute Gasteiger partial charge is 0.317 e. The monoisotopic (exact) mass is 270 g/mol. The Morgan fingerprint density at radius 2 is 2.00 bits per heavy atom. The average Bonchev–Trinajstić information content (AvgIpc) is 2.84. The first kappa shape index (κ1) is 12.4.